The lowest BCUT2D eigenvalue weighted by molar-refractivity contribution is 0.0592. The van der Waals surface area contributed by atoms with Crippen LogP contribution >= 0.6 is 0 Å². The van der Waals surface area contributed by atoms with Gasteiger partial charge in [-0.1, -0.05) is 42.5 Å². The maximum absolute atomic E-state index is 12.9. The Hall–Kier alpha value is -2.40. The number of hydrogen-bond acceptors (Lipinski definition) is 2. The van der Waals surface area contributed by atoms with Crippen LogP contribution < -0.4 is 10.6 Å². The molecule has 0 bridgehead atoms. The topological polar surface area (TPSA) is 61.4 Å². The molecule has 122 valence electrons. The van der Waals surface area contributed by atoms with Crippen molar-refractivity contribution in [2.75, 3.05) is 6.54 Å². The SMILES string of the molecule is CC(NC(=O)NCC(C)(O)c1ccc(F)cc1)c1ccccc1. The zero-order chi connectivity index (χ0) is 16.9. The van der Waals surface area contributed by atoms with E-state index in [2.05, 4.69) is 10.6 Å². The highest BCUT2D eigenvalue weighted by Crippen LogP contribution is 2.20. The first-order valence-corrected chi connectivity index (χ1v) is 7.46. The molecule has 23 heavy (non-hydrogen) atoms. The van der Waals surface area contributed by atoms with Gasteiger partial charge in [-0.05, 0) is 37.1 Å². The Bertz CT molecular complexity index is 642. The van der Waals surface area contributed by atoms with Crippen LogP contribution in [0.15, 0.2) is 54.6 Å². The van der Waals surface area contributed by atoms with Crippen molar-refractivity contribution in [1.82, 2.24) is 10.6 Å². The average Bonchev–Trinajstić information content (AvgIpc) is 2.54. The molecule has 2 rings (SSSR count). The third kappa shape index (κ3) is 4.79. The molecule has 0 radical (unpaired) electrons. The molecule has 0 aromatic heterocycles. The predicted octanol–water partition coefficient (Wildman–Crippen LogP) is 3.09. The van der Waals surface area contributed by atoms with Gasteiger partial charge in [-0.25, -0.2) is 9.18 Å². The van der Waals surface area contributed by atoms with E-state index in [0.29, 0.717) is 5.56 Å². The Balaban J connectivity index is 1.89. The molecular formula is C18H21FN2O2. The zero-order valence-electron chi connectivity index (χ0n) is 13.2. The lowest BCUT2D eigenvalue weighted by Crippen LogP contribution is -2.44. The normalized spacial score (nSPS) is 14.6. The molecule has 2 aromatic carbocycles. The van der Waals surface area contributed by atoms with Crippen molar-refractivity contribution < 1.29 is 14.3 Å². The predicted molar refractivity (Wildman–Crippen MR) is 87.4 cm³/mol. The molecule has 0 spiro atoms. The van der Waals surface area contributed by atoms with Gasteiger partial charge in [0, 0.05) is 0 Å². The van der Waals surface area contributed by atoms with Crippen LogP contribution in [0, 0.1) is 5.82 Å². The van der Waals surface area contributed by atoms with E-state index < -0.39 is 5.60 Å². The third-order valence-electron chi connectivity index (χ3n) is 3.71. The van der Waals surface area contributed by atoms with Crippen molar-refractivity contribution in [2.24, 2.45) is 0 Å². The van der Waals surface area contributed by atoms with Crippen LogP contribution in [0.1, 0.15) is 31.0 Å². The van der Waals surface area contributed by atoms with E-state index in [1.54, 1.807) is 6.92 Å². The van der Waals surface area contributed by atoms with Gasteiger partial charge in [0.1, 0.15) is 11.4 Å². The Labute approximate surface area is 135 Å². The second-order valence-corrected chi connectivity index (χ2v) is 5.74. The third-order valence-corrected chi connectivity index (χ3v) is 3.71. The summed E-state index contributed by atoms with van der Waals surface area (Å²) in [6, 6.07) is 14.6. The van der Waals surface area contributed by atoms with Gasteiger partial charge >= 0.3 is 6.03 Å². The van der Waals surface area contributed by atoms with Crippen molar-refractivity contribution >= 4 is 6.03 Å². The van der Waals surface area contributed by atoms with Crippen LogP contribution in [0.4, 0.5) is 9.18 Å². The van der Waals surface area contributed by atoms with Crippen LogP contribution in [0.2, 0.25) is 0 Å². The molecule has 0 aliphatic heterocycles. The van der Waals surface area contributed by atoms with Crippen LogP contribution in [-0.4, -0.2) is 17.7 Å². The molecule has 5 heteroatoms. The van der Waals surface area contributed by atoms with Crippen LogP contribution in [-0.2, 0) is 5.60 Å². The molecule has 0 aliphatic carbocycles. The van der Waals surface area contributed by atoms with Crippen molar-refractivity contribution in [1.29, 1.82) is 0 Å². The maximum Gasteiger partial charge on any atom is 0.315 e. The van der Waals surface area contributed by atoms with E-state index in [9.17, 15) is 14.3 Å². The van der Waals surface area contributed by atoms with Gasteiger partial charge in [-0.15, -0.1) is 0 Å². The molecule has 2 atom stereocenters. The van der Waals surface area contributed by atoms with Crippen molar-refractivity contribution in [2.45, 2.75) is 25.5 Å². The summed E-state index contributed by atoms with van der Waals surface area (Å²) < 4.78 is 12.9. The quantitative estimate of drug-likeness (QED) is 0.794. The molecule has 4 nitrogen and oxygen atoms in total. The Kier molecular flexibility index (Phi) is 5.34. The van der Waals surface area contributed by atoms with E-state index in [1.807, 2.05) is 37.3 Å². The number of halogens is 1. The number of nitrogens with one attached hydrogen (secondary N) is 2. The van der Waals surface area contributed by atoms with Crippen LogP contribution in [0.5, 0.6) is 0 Å². The lowest BCUT2D eigenvalue weighted by atomic mass is 9.96. The van der Waals surface area contributed by atoms with Crippen molar-refractivity contribution in [3.05, 3.63) is 71.5 Å². The minimum absolute atomic E-state index is 0.0198. The molecule has 0 heterocycles. The first kappa shape index (κ1) is 17.0. The number of amides is 2. The lowest BCUT2D eigenvalue weighted by Gasteiger charge is -2.25. The Morgan fingerprint density at radius 3 is 2.39 bits per heavy atom. The number of urea groups is 1. The van der Waals surface area contributed by atoms with Gasteiger partial charge in [-0.2, -0.15) is 0 Å². The smallest absolute Gasteiger partial charge is 0.315 e. The van der Waals surface area contributed by atoms with Crippen molar-refractivity contribution in [3.63, 3.8) is 0 Å². The summed E-state index contributed by atoms with van der Waals surface area (Å²) >= 11 is 0. The minimum Gasteiger partial charge on any atom is -0.384 e. The highest BCUT2D eigenvalue weighted by atomic mass is 19.1. The summed E-state index contributed by atoms with van der Waals surface area (Å²) in [5, 5.41) is 15.9. The summed E-state index contributed by atoms with van der Waals surface area (Å²) in [4.78, 5) is 12.0. The van der Waals surface area contributed by atoms with Crippen LogP contribution in [0.25, 0.3) is 0 Å². The first-order valence-electron chi connectivity index (χ1n) is 7.46. The number of benzene rings is 2. The molecule has 0 fully saturated rings. The van der Waals surface area contributed by atoms with E-state index >= 15 is 0 Å². The average molecular weight is 316 g/mol. The molecular weight excluding hydrogens is 295 g/mol. The summed E-state index contributed by atoms with van der Waals surface area (Å²) in [5.74, 6) is -0.369. The number of aliphatic hydroxyl groups is 1. The van der Waals surface area contributed by atoms with Gasteiger partial charge in [0.25, 0.3) is 0 Å². The number of rotatable bonds is 5. The summed E-state index contributed by atoms with van der Waals surface area (Å²) in [6.45, 7) is 3.47. The molecule has 3 N–H and O–H groups in total. The summed E-state index contributed by atoms with van der Waals surface area (Å²) in [6.07, 6.45) is 0. The summed E-state index contributed by atoms with van der Waals surface area (Å²) in [7, 11) is 0. The fraction of sp³-hybridized carbons (Fsp3) is 0.278. The molecule has 0 saturated heterocycles. The fourth-order valence-electron chi connectivity index (χ4n) is 2.24. The van der Waals surface area contributed by atoms with Gasteiger partial charge < -0.3 is 15.7 Å². The van der Waals surface area contributed by atoms with E-state index in [4.69, 9.17) is 0 Å². The molecule has 2 unspecified atom stereocenters. The molecule has 2 amide bonds. The Morgan fingerprint density at radius 2 is 1.78 bits per heavy atom. The largest absolute Gasteiger partial charge is 0.384 e. The minimum atomic E-state index is -1.28. The van der Waals surface area contributed by atoms with Crippen molar-refractivity contribution in [3.8, 4) is 0 Å². The van der Waals surface area contributed by atoms with Gasteiger partial charge in [0.05, 0.1) is 12.6 Å². The second-order valence-electron chi connectivity index (χ2n) is 5.74. The maximum atomic E-state index is 12.9. The molecule has 2 aromatic rings. The highest BCUT2D eigenvalue weighted by molar-refractivity contribution is 5.74. The van der Waals surface area contributed by atoms with Crippen LogP contribution in [0.3, 0.4) is 0 Å². The van der Waals surface area contributed by atoms with E-state index in [-0.39, 0.29) is 24.4 Å². The molecule has 0 saturated carbocycles. The number of carbonyl (C=O) groups is 1. The van der Waals surface area contributed by atoms with E-state index in [0.717, 1.165) is 5.56 Å². The number of carbonyl (C=O) groups excluding carboxylic acids is 1. The monoisotopic (exact) mass is 316 g/mol. The highest BCUT2D eigenvalue weighted by Gasteiger charge is 2.24. The fourth-order valence-corrected chi connectivity index (χ4v) is 2.24. The second kappa shape index (κ2) is 7.24. The standard InChI is InChI=1S/C18H21FN2O2/c1-13(14-6-4-3-5-7-14)21-17(22)20-12-18(2,23)15-8-10-16(19)11-9-15/h3-11,13,23H,12H2,1-2H3,(H2,20,21,22). The van der Waals surface area contributed by atoms with E-state index in [1.165, 1.54) is 24.3 Å². The van der Waals surface area contributed by atoms with Gasteiger partial charge in [0.2, 0.25) is 0 Å². The number of hydrogen-bond donors (Lipinski definition) is 3. The first-order chi connectivity index (χ1) is 10.9. The Morgan fingerprint density at radius 1 is 1.17 bits per heavy atom. The summed E-state index contributed by atoms with van der Waals surface area (Å²) in [5.41, 5.74) is 0.254. The van der Waals surface area contributed by atoms with Gasteiger partial charge in [-0.3, -0.25) is 0 Å². The van der Waals surface area contributed by atoms with Gasteiger partial charge in [0.15, 0.2) is 0 Å². The molecule has 0 aliphatic rings. The zero-order valence-corrected chi connectivity index (χ0v) is 13.2.